The number of benzene rings is 1. The lowest BCUT2D eigenvalue weighted by atomic mass is 10.1. The maximum atomic E-state index is 13.0. The Labute approximate surface area is 98.4 Å². The Hall–Kier alpha value is 0.130. The van der Waals surface area contributed by atoms with Crippen molar-refractivity contribution in [3.05, 3.63) is 32.1 Å². The van der Waals surface area contributed by atoms with Gasteiger partial charge < -0.3 is 0 Å². The van der Waals surface area contributed by atoms with Crippen molar-refractivity contribution in [3.8, 4) is 0 Å². The molecule has 0 aliphatic rings. The molecule has 0 amide bonds. The van der Waals surface area contributed by atoms with Crippen molar-refractivity contribution in [1.29, 1.82) is 0 Å². The number of halogens is 4. The fourth-order valence-corrected chi connectivity index (χ4v) is 1.77. The van der Waals surface area contributed by atoms with Crippen molar-refractivity contribution in [1.82, 2.24) is 0 Å². The van der Waals surface area contributed by atoms with Gasteiger partial charge in [0, 0.05) is 9.13 Å². The van der Waals surface area contributed by atoms with Crippen molar-refractivity contribution in [2.24, 2.45) is 0 Å². The predicted molar refractivity (Wildman–Crippen MR) is 59.2 cm³/mol. The molecule has 0 fully saturated rings. The van der Waals surface area contributed by atoms with Gasteiger partial charge in [-0.05, 0) is 34.7 Å². The summed E-state index contributed by atoms with van der Waals surface area (Å²) in [4.78, 5) is 11.2. The summed E-state index contributed by atoms with van der Waals surface area (Å²) in [5.41, 5.74) is 0.140. The summed E-state index contributed by atoms with van der Waals surface area (Å²) in [5.74, 6) is -1.16. The fourth-order valence-electron chi connectivity index (χ4n) is 0.831. The minimum absolute atomic E-state index is 0.140. The van der Waals surface area contributed by atoms with Gasteiger partial charge in [0.2, 0.25) is 0 Å². The maximum absolute atomic E-state index is 13.0. The summed E-state index contributed by atoms with van der Waals surface area (Å²) in [7, 11) is 0. The lowest BCUT2D eigenvalue weighted by Crippen LogP contribution is -2.03. The number of alkyl halides is 1. The summed E-state index contributed by atoms with van der Waals surface area (Å²) < 4.78 is 13.6. The van der Waals surface area contributed by atoms with Crippen LogP contribution in [0.1, 0.15) is 10.4 Å². The lowest BCUT2D eigenvalue weighted by Gasteiger charge is -2.02. The van der Waals surface area contributed by atoms with Gasteiger partial charge >= 0.3 is 0 Å². The molecule has 1 rings (SSSR count). The van der Waals surface area contributed by atoms with Gasteiger partial charge in [-0.1, -0.05) is 11.6 Å². The van der Waals surface area contributed by atoms with Gasteiger partial charge in [-0.3, -0.25) is 4.79 Å². The van der Waals surface area contributed by atoms with Crippen molar-refractivity contribution in [2.75, 3.05) is 5.88 Å². The van der Waals surface area contributed by atoms with Crippen LogP contribution in [0, 0.1) is 9.39 Å². The molecule has 0 spiro atoms. The van der Waals surface area contributed by atoms with Crippen molar-refractivity contribution in [2.45, 2.75) is 0 Å². The van der Waals surface area contributed by atoms with E-state index < -0.39 is 5.82 Å². The van der Waals surface area contributed by atoms with Gasteiger partial charge in [-0.25, -0.2) is 4.39 Å². The Morgan fingerprint density at radius 1 is 1.54 bits per heavy atom. The zero-order chi connectivity index (χ0) is 10.0. The molecule has 1 nitrogen and oxygen atoms in total. The molecule has 1 aromatic rings. The van der Waals surface area contributed by atoms with Crippen molar-refractivity contribution < 1.29 is 9.18 Å². The maximum Gasteiger partial charge on any atom is 0.179 e. The Morgan fingerprint density at radius 2 is 2.15 bits per heavy atom. The van der Waals surface area contributed by atoms with E-state index in [9.17, 15) is 9.18 Å². The monoisotopic (exact) mass is 332 g/mol. The molecule has 70 valence electrons. The van der Waals surface area contributed by atoms with Crippen LogP contribution in [0.5, 0.6) is 0 Å². The fraction of sp³-hybridized carbons (Fsp3) is 0.125. The highest BCUT2D eigenvalue weighted by atomic mass is 127. The molecule has 0 aromatic heterocycles. The van der Waals surface area contributed by atoms with E-state index in [0.717, 1.165) is 0 Å². The predicted octanol–water partition coefficient (Wildman–Crippen LogP) is 3.51. The number of Topliss-reactive ketones (excluding diaryl/α,β-unsaturated/α-hetero) is 1. The first-order chi connectivity index (χ1) is 6.06. The average molecular weight is 333 g/mol. The quantitative estimate of drug-likeness (QED) is 0.350. The molecule has 1 aromatic carbocycles. The summed E-state index contributed by atoms with van der Waals surface area (Å²) in [6.45, 7) is 0. The first-order valence-corrected chi connectivity index (χ1v) is 5.29. The molecule has 5 heteroatoms. The Balaban J connectivity index is 3.28. The van der Waals surface area contributed by atoms with Gasteiger partial charge in [0.05, 0.1) is 10.9 Å². The summed E-state index contributed by atoms with van der Waals surface area (Å²) in [6, 6.07) is 2.77. The zero-order valence-corrected chi connectivity index (χ0v) is 9.95. The number of hydrogen-bond acceptors (Lipinski definition) is 1. The van der Waals surface area contributed by atoms with Crippen LogP contribution < -0.4 is 0 Å². The largest absolute Gasteiger partial charge is 0.293 e. The van der Waals surface area contributed by atoms with Crippen LogP contribution in [0.2, 0.25) is 5.02 Å². The van der Waals surface area contributed by atoms with Crippen LogP contribution in [0.15, 0.2) is 12.1 Å². The van der Waals surface area contributed by atoms with E-state index in [-0.39, 0.29) is 22.2 Å². The highest BCUT2D eigenvalue weighted by Gasteiger charge is 2.13. The Morgan fingerprint density at radius 3 is 2.69 bits per heavy atom. The highest BCUT2D eigenvalue weighted by molar-refractivity contribution is 14.1. The van der Waals surface area contributed by atoms with Gasteiger partial charge in [0.25, 0.3) is 0 Å². The minimum atomic E-state index is -0.595. The standard InChI is InChI=1S/C8H4Cl2FIO/c9-3-7(13)5-1-4(12)2-6(11)8(5)10/h1-2H,3H2. The molecular formula is C8H4Cl2FIO. The van der Waals surface area contributed by atoms with E-state index in [1.807, 2.05) is 22.6 Å². The van der Waals surface area contributed by atoms with Gasteiger partial charge in [-0.2, -0.15) is 0 Å². The first-order valence-electron chi connectivity index (χ1n) is 3.30. The smallest absolute Gasteiger partial charge is 0.179 e. The third-order valence-corrected chi connectivity index (χ3v) is 2.66. The average Bonchev–Trinajstić information content (AvgIpc) is 2.10. The molecular weight excluding hydrogens is 329 g/mol. The molecule has 0 heterocycles. The summed E-state index contributed by atoms with van der Waals surface area (Å²) in [5, 5.41) is -0.161. The van der Waals surface area contributed by atoms with E-state index >= 15 is 0 Å². The highest BCUT2D eigenvalue weighted by Crippen LogP contribution is 2.23. The zero-order valence-electron chi connectivity index (χ0n) is 6.28. The Kier molecular flexibility index (Phi) is 3.94. The second-order valence-corrected chi connectivity index (χ2v) is 4.20. The molecule has 0 bridgehead atoms. The van der Waals surface area contributed by atoms with Gasteiger partial charge in [-0.15, -0.1) is 11.6 Å². The van der Waals surface area contributed by atoms with E-state index in [0.29, 0.717) is 3.57 Å². The molecule has 0 aliphatic carbocycles. The van der Waals surface area contributed by atoms with Gasteiger partial charge in [0.15, 0.2) is 5.78 Å². The molecule has 0 N–H and O–H groups in total. The number of hydrogen-bond donors (Lipinski definition) is 0. The van der Waals surface area contributed by atoms with Crippen LogP contribution >= 0.6 is 45.8 Å². The van der Waals surface area contributed by atoms with Crippen LogP contribution in [-0.4, -0.2) is 11.7 Å². The number of carbonyl (C=O) groups excluding carboxylic acids is 1. The molecule has 0 saturated carbocycles. The van der Waals surface area contributed by atoms with E-state index in [1.165, 1.54) is 12.1 Å². The third-order valence-electron chi connectivity index (χ3n) is 1.41. The van der Waals surface area contributed by atoms with Crippen LogP contribution in [0.25, 0.3) is 0 Å². The lowest BCUT2D eigenvalue weighted by molar-refractivity contribution is 0.102. The van der Waals surface area contributed by atoms with Crippen LogP contribution in [-0.2, 0) is 0 Å². The second-order valence-electron chi connectivity index (χ2n) is 2.31. The molecule has 0 unspecified atom stereocenters. The minimum Gasteiger partial charge on any atom is -0.293 e. The Bertz CT molecular complexity index is 354. The number of rotatable bonds is 2. The molecule has 13 heavy (non-hydrogen) atoms. The first kappa shape index (κ1) is 11.2. The number of carbonyl (C=O) groups is 1. The van der Waals surface area contributed by atoms with Gasteiger partial charge in [0.1, 0.15) is 5.82 Å². The molecule has 0 radical (unpaired) electrons. The third kappa shape index (κ3) is 2.54. The molecule has 0 saturated heterocycles. The topological polar surface area (TPSA) is 17.1 Å². The molecule has 0 aliphatic heterocycles. The van der Waals surface area contributed by atoms with Crippen molar-refractivity contribution >= 4 is 51.6 Å². The summed E-state index contributed by atoms with van der Waals surface area (Å²) >= 11 is 12.8. The van der Waals surface area contributed by atoms with Crippen molar-refractivity contribution in [3.63, 3.8) is 0 Å². The normalized spacial score (nSPS) is 10.2. The SMILES string of the molecule is O=C(CCl)c1cc(I)cc(F)c1Cl. The van der Waals surface area contributed by atoms with Crippen LogP contribution in [0.3, 0.4) is 0 Å². The second kappa shape index (κ2) is 4.57. The van der Waals surface area contributed by atoms with E-state index in [2.05, 4.69) is 0 Å². The number of ketones is 1. The van der Waals surface area contributed by atoms with E-state index in [4.69, 9.17) is 23.2 Å². The molecule has 0 atom stereocenters. The van der Waals surface area contributed by atoms with E-state index in [1.54, 1.807) is 0 Å². The summed E-state index contributed by atoms with van der Waals surface area (Å²) in [6.07, 6.45) is 0. The van der Waals surface area contributed by atoms with Crippen LogP contribution in [0.4, 0.5) is 4.39 Å².